The van der Waals surface area contributed by atoms with Crippen molar-refractivity contribution >= 4 is 22.6 Å². The first-order valence-corrected chi connectivity index (χ1v) is 6.91. The zero-order valence-electron chi connectivity index (χ0n) is 11.3. The van der Waals surface area contributed by atoms with Crippen LogP contribution in [-0.4, -0.2) is 14.7 Å². The van der Waals surface area contributed by atoms with E-state index in [-0.39, 0.29) is 11.8 Å². The number of halogens is 1. The number of benzene rings is 2. The largest absolute Gasteiger partial charge is 0.507 e. The summed E-state index contributed by atoms with van der Waals surface area (Å²) in [7, 11) is 0. The van der Waals surface area contributed by atoms with Crippen LogP contribution in [0.25, 0.3) is 22.4 Å². The maximum Gasteiger partial charge on any atom is 0.145 e. The Morgan fingerprint density at radius 1 is 1.15 bits per heavy atom. The smallest absolute Gasteiger partial charge is 0.145 e. The summed E-state index contributed by atoms with van der Waals surface area (Å²) in [6.45, 7) is 4.18. The molecule has 2 aromatic carbocycles. The first-order chi connectivity index (χ1) is 9.58. The second-order valence-corrected chi connectivity index (χ2v) is 5.49. The van der Waals surface area contributed by atoms with Gasteiger partial charge in [0.1, 0.15) is 11.6 Å². The Kier molecular flexibility index (Phi) is 3.14. The fraction of sp³-hybridized carbons (Fsp3) is 0.188. The van der Waals surface area contributed by atoms with Crippen molar-refractivity contribution in [3.63, 3.8) is 0 Å². The summed E-state index contributed by atoms with van der Waals surface area (Å²) >= 11 is 6.09. The van der Waals surface area contributed by atoms with Crippen LogP contribution in [0.2, 0.25) is 5.02 Å². The van der Waals surface area contributed by atoms with E-state index in [1.807, 2.05) is 30.3 Å². The summed E-state index contributed by atoms with van der Waals surface area (Å²) in [5, 5.41) is 10.8. The normalized spacial score (nSPS) is 11.4. The Balaban J connectivity index is 2.36. The molecule has 0 aliphatic rings. The molecular weight excluding hydrogens is 272 g/mol. The van der Waals surface area contributed by atoms with Crippen molar-refractivity contribution in [2.24, 2.45) is 0 Å². The van der Waals surface area contributed by atoms with Crippen molar-refractivity contribution in [1.82, 2.24) is 9.55 Å². The lowest BCUT2D eigenvalue weighted by atomic mass is 10.2. The van der Waals surface area contributed by atoms with Crippen LogP contribution >= 0.6 is 11.6 Å². The molecule has 0 amide bonds. The van der Waals surface area contributed by atoms with E-state index in [0.717, 1.165) is 22.4 Å². The summed E-state index contributed by atoms with van der Waals surface area (Å²) < 4.78 is 2.09. The molecule has 3 nitrogen and oxygen atoms in total. The minimum atomic E-state index is 0.216. The third-order valence-electron chi connectivity index (χ3n) is 3.31. The molecule has 0 saturated heterocycles. The summed E-state index contributed by atoms with van der Waals surface area (Å²) in [6.07, 6.45) is 0. The highest BCUT2D eigenvalue weighted by atomic mass is 35.5. The Morgan fingerprint density at radius 3 is 2.60 bits per heavy atom. The summed E-state index contributed by atoms with van der Waals surface area (Å²) in [5.74, 6) is 0.992. The molecule has 1 heterocycles. The van der Waals surface area contributed by atoms with E-state index in [1.165, 1.54) is 0 Å². The van der Waals surface area contributed by atoms with Crippen LogP contribution in [0.1, 0.15) is 19.9 Å². The second kappa shape index (κ2) is 4.84. The predicted octanol–water partition coefficient (Wildman–Crippen LogP) is 4.64. The van der Waals surface area contributed by atoms with Gasteiger partial charge in [-0.25, -0.2) is 4.98 Å². The van der Waals surface area contributed by atoms with Crippen LogP contribution in [0.15, 0.2) is 42.5 Å². The van der Waals surface area contributed by atoms with Gasteiger partial charge < -0.3 is 9.67 Å². The van der Waals surface area contributed by atoms with Crippen LogP contribution < -0.4 is 0 Å². The lowest BCUT2D eigenvalue weighted by molar-refractivity contribution is 0.476. The van der Waals surface area contributed by atoms with Crippen molar-refractivity contribution < 1.29 is 5.11 Å². The van der Waals surface area contributed by atoms with Gasteiger partial charge in [0.25, 0.3) is 0 Å². The molecule has 0 unspecified atom stereocenters. The van der Waals surface area contributed by atoms with Crippen molar-refractivity contribution in [2.75, 3.05) is 0 Å². The fourth-order valence-electron chi connectivity index (χ4n) is 2.44. The van der Waals surface area contributed by atoms with Gasteiger partial charge in [0.05, 0.1) is 16.6 Å². The number of aromatic hydroxyl groups is 1. The molecule has 0 saturated carbocycles. The third kappa shape index (κ3) is 2.04. The highest BCUT2D eigenvalue weighted by Crippen LogP contribution is 2.33. The molecule has 0 atom stereocenters. The number of phenols is 1. The van der Waals surface area contributed by atoms with Crippen molar-refractivity contribution in [1.29, 1.82) is 0 Å². The van der Waals surface area contributed by atoms with Crippen molar-refractivity contribution in [3.05, 3.63) is 47.5 Å². The molecule has 1 N–H and O–H groups in total. The number of para-hydroxylation sites is 1. The van der Waals surface area contributed by atoms with Crippen LogP contribution in [0.3, 0.4) is 0 Å². The van der Waals surface area contributed by atoms with Crippen LogP contribution in [0.5, 0.6) is 5.75 Å². The average molecular weight is 287 g/mol. The van der Waals surface area contributed by atoms with Crippen molar-refractivity contribution in [3.8, 4) is 17.1 Å². The average Bonchev–Trinajstić information content (AvgIpc) is 2.77. The molecule has 0 spiro atoms. The number of imidazole rings is 1. The lowest BCUT2D eigenvalue weighted by Gasteiger charge is -2.13. The number of rotatable bonds is 2. The second-order valence-electron chi connectivity index (χ2n) is 5.05. The van der Waals surface area contributed by atoms with Crippen molar-refractivity contribution in [2.45, 2.75) is 19.9 Å². The number of hydrogen-bond donors (Lipinski definition) is 1. The summed E-state index contributed by atoms with van der Waals surface area (Å²) in [4.78, 5) is 4.65. The molecule has 0 radical (unpaired) electrons. The number of phenolic OH excluding ortho intramolecular Hbond substituents is 1. The number of hydrogen-bond acceptors (Lipinski definition) is 2. The Labute approximate surface area is 122 Å². The Bertz CT molecular complexity index is 777. The third-order valence-corrected chi connectivity index (χ3v) is 3.55. The molecule has 20 heavy (non-hydrogen) atoms. The molecule has 4 heteroatoms. The monoisotopic (exact) mass is 286 g/mol. The van der Waals surface area contributed by atoms with Gasteiger partial charge in [0.2, 0.25) is 0 Å². The van der Waals surface area contributed by atoms with Crippen LogP contribution in [0.4, 0.5) is 0 Å². The molecule has 0 bridgehead atoms. The van der Waals surface area contributed by atoms with Crippen LogP contribution in [0, 0.1) is 0 Å². The Hall–Kier alpha value is -2.00. The molecule has 0 fully saturated rings. The number of aromatic nitrogens is 2. The molecule has 0 aliphatic heterocycles. The van der Waals surface area contributed by atoms with Gasteiger partial charge in [-0.15, -0.1) is 0 Å². The van der Waals surface area contributed by atoms with E-state index in [0.29, 0.717) is 5.02 Å². The van der Waals surface area contributed by atoms with Gasteiger partial charge in [-0.3, -0.25) is 0 Å². The van der Waals surface area contributed by atoms with Gasteiger partial charge in [0, 0.05) is 11.1 Å². The summed E-state index contributed by atoms with van der Waals surface area (Å²) in [6, 6.07) is 13.1. The zero-order valence-corrected chi connectivity index (χ0v) is 12.1. The fourth-order valence-corrected chi connectivity index (χ4v) is 2.61. The maximum absolute atomic E-state index is 10.1. The molecule has 102 valence electrons. The van der Waals surface area contributed by atoms with Gasteiger partial charge in [-0.05, 0) is 44.2 Å². The van der Waals surface area contributed by atoms with E-state index in [2.05, 4.69) is 23.4 Å². The number of nitrogens with zero attached hydrogens (tertiary/aromatic N) is 2. The van der Waals surface area contributed by atoms with Gasteiger partial charge in [-0.2, -0.15) is 0 Å². The highest BCUT2D eigenvalue weighted by molar-refractivity contribution is 6.31. The highest BCUT2D eigenvalue weighted by Gasteiger charge is 2.17. The standard InChI is InChI=1S/C16H15ClN2O/c1-10(2)19-14-9-11(17)7-8-13(14)18-16(19)12-5-3-4-6-15(12)20/h3-10,20H,1-2H3. The maximum atomic E-state index is 10.1. The number of fused-ring (bicyclic) bond motifs is 1. The topological polar surface area (TPSA) is 38.0 Å². The van der Waals surface area contributed by atoms with E-state index < -0.39 is 0 Å². The van der Waals surface area contributed by atoms with E-state index in [9.17, 15) is 5.11 Å². The predicted molar refractivity (Wildman–Crippen MR) is 82.2 cm³/mol. The quantitative estimate of drug-likeness (QED) is 0.745. The summed E-state index contributed by atoms with van der Waals surface area (Å²) in [5.41, 5.74) is 2.58. The van der Waals surface area contributed by atoms with E-state index >= 15 is 0 Å². The van der Waals surface area contributed by atoms with Crippen LogP contribution in [-0.2, 0) is 0 Å². The van der Waals surface area contributed by atoms with E-state index in [4.69, 9.17) is 11.6 Å². The minimum Gasteiger partial charge on any atom is -0.507 e. The van der Waals surface area contributed by atoms with Gasteiger partial charge in [0.15, 0.2) is 0 Å². The van der Waals surface area contributed by atoms with E-state index in [1.54, 1.807) is 12.1 Å². The lowest BCUT2D eigenvalue weighted by Crippen LogP contribution is -2.03. The van der Waals surface area contributed by atoms with Gasteiger partial charge >= 0.3 is 0 Å². The molecule has 3 rings (SSSR count). The Morgan fingerprint density at radius 2 is 1.90 bits per heavy atom. The minimum absolute atomic E-state index is 0.216. The molecule has 3 aromatic rings. The molecule has 0 aliphatic carbocycles. The van der Waals surface area contributed by atoms with Gasteiger partial charge in [-0.1, -0.05) is 23.7 Å². The first-order valence-electron chi connectivity index (χ1n) is 6.54. The SMILES string of the molecule is CC(C)n1c(-c2ccccc2O)nc2ccc(Cl)cc21. The molecular formula is C16H15ClN2O. The first kappa shape index (κ1) is 13.0. The molecule has 1 aromatic heterocycles. The zero-order chi connectivity index (χ0) is 14.3.